The molecule has 1 aliphatic heterocycles. The molecule has 116 valence electrons. The third-order valence-corrected chi connectivity index (χ3v) is 4.09. The highest BCUT2D eigenvalue weighted by molar-refractivity contribution is 6.02. The Balaban J connectivity index is 1.58. The minimum Gasteiger partial charge on any atom is -0.335 e. The van der Waals surface area contributed by atoms with Gasteiger partial charge in [0.05, 0.1) is 0 Å². The van der Waals surface area contributed by atoms with Gasteiger partial charge in [-0.3, -0.25) is 24.3 Å². The highest BCUT2D eigenvalue weighted by Crippen LogP contribution is 2.29. The van der Waals surface area contributed by atoms with Crippen LogP contribution in [0.2, 0.25) is 0 Å². The summed E-state index contributed by atoms with van der Waals surface area (Å²) in [4.78, 5) is 42.7. The maximum Gasteiger partial charge on any atom is 0.229 e. The van der Waals surface area contributed by atoms with Crippen LogP contribution in [0, 0.1) is 0 Å². The molecule has 3 rings (SSSR count). The van der Waals surface area contributed by atoms with Crippen molar-refractivity contribution in [1.82, 2.24) is 14.8 Å². The normalized spacial score (nSPS) is 17.9. The number of carbonyl (C=O) groups excluding carboxylic acids is 3. The molecule has 22 heavy (non-hydrogen) atoms. The predicted molar refractivity (Wildman–Crippen MR) is 78.4 cm³/mol. The van der Waals surface area contributed by atoms with Gasteiger partial charge in [-0.2, -0.15) is 0 Å². The number of hydrogen-bond acceptors (Lipinski definition) is 4. The van der Waals surface area contributed by atoms with Crippen LogP contribution in [-0.4, -0.2) is 45.1 Å². The predicted octanol–water partition coefficient (Wildman–Crippen LogP) is 1.11. The Bertz CT molecular complexity index is 568. The van der Waals surface area contributed by atoms with Crippen molar-refractivity contribution >= 4 is 17.7 Å². The molecule has 0 N–H and O–H groups in total. The molecule has 0 spiro atoms. The number of imide groups is 1. The maximum atomic E-state index is 12.5. The molecule has 0 unspecified atom stereocenters. The fourth-order valence-electron chi connectivity index (χ4n) is 2.72. The summed E-state index contributed by atoms with van der Waals surface area (Å²) in [5.74, 6) is -0.329. The van der Waals surface area contributed by atoms with Gasteiger partial charge in [0.1, 0.15) is 0 Å². The minimum atomic E-state index is -0.164. The maximum absolute atomic E-state index is 12.5. The second-order valence-corrected chi connectivity index (χ2v) is 5.80. The third-order valence-electron chi connectivity index (χ3n) is 4.09. The summed E-state index contributed by atoms with van der Waals surface area (Å²) in [5, 5.41) is 0. The topological polar surface area (TPSA) is 70.6 Å². The molecule has 1 saturated heterocycles. The molecule has 0 radical (unpaired) electrons. The molecule has 2 heterocycles. The fourth-order valence-corrected chi connectivity index (χ4v) is 2.72. The SMILES string of the molecule is O=C1CCC(=O)N1CCC(=O)N(Cc1cccnc1)C1CC1. The summed E-state index contributed by atoms with van der Waals surface area (Å²) < 4.78 is 0. The number of nitrogens with zero attached hydrogens (tertiary/aromatic N) is 3. The number of pyridine rings is 1. The van der Waals surface area contributed by atoms with Gasteiger partial charge >= 0.3 is 0 Å². The van der Waals surface area contributed by atoms with E-state index in [0.29, 0.717) is 6.54 Å². The van der Waals surface area contributed by atoms with Crippen molar-refractivity contribution in [3.63, 3.8) is 0 Å². The van der Waals surface area contributed by atoms with Crippen molar-refractivity contribution in [2.24, 2.45) is 0 Å². The molecule has 1 aromatic rings. The van der Waals surface area contributed by atoms with Gasteiger partial charge < -0.3 is 4.90 Å². The van der Waals surface area contributed by atoms with Crippen molar-refractivity contribution in [3.05, 3.63) is 30.1 Å². The third kappa shape index (κ3) is 3.32. The largest absolute Gasteiger partial charge is 0.335 e. The molecular formula is C16H19N3O3. The molecular weight excluding hydrogens is 282 g/mol. The first-order chi connectivity index (χ1) is 10.6. The summed E-state index contributed by atoms with van der Waals surface area (Å²) in [6, 6.07) is 4.09. The van der Waals surface area contributed by atoms with E-state index < -0.39 is 0 Å². The number of aromatic nitrogens is 1. The van der Waals surface area contributed by atoms with Crippen LogP contribution in [0.15, 0.2) is 24.5 Å². The van der Waals surface area contributed by atoms with Crippen LogP contribution >= 0.6 is 0 Å². The van der Waals surface area contributed by atoms with Crippen molar-refractivity contribution in [1.29, 1.82) is 0 Å². The van der Waals surface area contributed by atoms with Crippen LogP contribution in [0.1, 0.15) is 37.7 Å². The lowest BCUT2D eigenvalue weighted by atomic mass is 10.2. The second kappa shape index (κ2) is 6.25. The van der Waals surface area contributed by atoms with Crippen LogP contribution in [0.3, 0.4) is 0 Å². The molecule has 6 heteroatoms. The number of amides is 3. The van der Waals surface area contributed by atoms with E-state index in [1.807, 2.05) is 17.0 Å². The van der Waals surface area contributed by atoms with E-state index in [0.717, 1.165) is 18.4 Å². The van der Waals surface area contributed by atoms with E-state index in [1.165, 1.54) is 4.90 Å². The lowest BCUT2D eigenvalue weighted by Gasteiger charge is -2.23. The molecule has 3 amide bonds. The summed E-state index contributed by atoms with van der Waals surface area (Å²) in [6.45, 7) is 0.742. The van der Waals surface area contributed by atoms with Crippen molar-refractivity contribution in [2.75, 3.05) is 6.54 Å². The highest BCUT2D eigenvalue weighted by atomic mass is 16.2. The van der Waals surface area contributed by atoms with Gasteiger partial charge in [0.15, 0.2) is 0 Å². The van der Waals surface area contributed by atoms with Crippen molar-refractivity contribution in [2.45, 2.75) is 44.7 Å². The molecule has 1 aliphatic carbocycles. The first kappa shape index (κ1) is 14.7. The van der Waals surface area contributed by atoms with Gasteiger partial charge in [-0.1, -0.05) is 6.07 Å². The second-order valence-electron chi connectivity index (χ2n) is 5.80. The Kier molecular flexibility index (Phi) is 4.18. The quantitative estimate of drug-likeness (QED) is 0.738. The lowest BCUT2D eigenvalue weighted by molar-refractivity contribution is -0.139. The summed E-state index contributed by atoms with van der Waals surface area (Å²) in [6.07, 6.45) is 6.26. The molecule has 1 aromatic heterocycles. The zero-order valence-electron chi connectivity index (χ0n) is 12.4. The first-order valence-corrected chi connectivity index (χ1v) is 7.66. The molecule has 0 aromatic carbocycles. The van der Waals surface area contributed by atoms with Crippen LogP contribution in [0.5, 0.6) is 0 Å². The Labute approximate surface area is 129 Å². The molecule has 0 bridgehead atoms. The van der Waals surface area contributed by atoms with Crippen LogP contribution < -0.4 is 0 Å². The summed E-state index contributed by atoms with van der Waals surface area (Å²) in [5.41, 5.74) is 0.996. The Hall–Kier alpha value is -2.24. The van der Waals surface area contributed by atoms with E-state index in [-0.39, 0.29) is 49.6 Å². The van der Waals surface area contributed by atoms with Gasteiger partial charge in [0.2, 0.25) is 17.7 Å². The Morgan fingerprint density at radius 3 is 2.59 bits per heavy atom. The lowest BCUT2D eigenvalue weighted by Crippen LogP contribution is -2.37. The summed E-state index contributed by atoms with van der Waals surface area (Å²) in [7, 11) is 0. The zero-order chi connectivity index (χ0) is 15.5. The van der Waals surface area contributed by atoms with Gasteiger partial charge in [0, 0.05) is 50.8 Å². The summed E-state index contributed by atoms with van der Waals surface area (Å²) >= 11 is 0. The van der Waals surface area contributed by atoms with Gasteiger partial charge in [-0.15, -0.1) is 0 Å². The average Bonchev–Trinajstić information content (AvgIpc) is 3.31. The monoisotopic (exact) mass is 301 g/mol. The molecule has 2 aliphatic rings. The van der Waals surface area contributed by atoms with E-state index >= 15 is 0 Å². The van der Waals surface area contributed by atoms with Crippen LogP contribution in [-0.2, 0) is 20.9 Å². The van der Waals surface area contributed by atoms with Gasteiger partial charge in [-0.05, 0) is 24.5 Å². The number of rotatable bonds is 6. The highest BCUT2D eigenvalue weighted by Gasteiger charge is 2.34. The van der Waals surface area contributed by atoms with Gasteiger partial charge in [-0.25, -0.2) is 0 Å². The number of carbonyl (C=O) groups is 3. The number of likely N-dealkylation sites (tertiary alicyclic amines) is 1. The van der Waals surface area contributed by atoms with Crippen molar-refractivity contribution in [3.8, 4) is 0 Å². The Morgan fingerprint density at radius 2 is 2.00 bits per heavy atom. The van der Waals surface area contributed by atoms with E-state index in [4.69, 9.17) is 0 Å². The fraction of sp³-hybridized carbons (Fsp3) is 0.500. The van der Waals surface area contributed by atoms with Crippen molar-refractivity contribution < 1.29 is 14.4 Å². The molecule has 6 nitrogen and oxygen atoms in total. The molecule has 2 fully saturated rings. The Morgan fingerprint density at radius 1 is 1.27 bits per heavy atom. The number of hydrogen-bond donors (Lipinski definition) is 0. The van der Waals surface area contributed by atoms with E-state index in [9.17, 15) is 14.4 Å². The average molecular weight is 301 g/mol. The standard InChI is InChI=1S/C16H19N3O3/c20-14-5-6-15(21)18(14)9-7-16(22)19(13-3-4-13)11-12-2-1-8-17-10-12/h1-2,8,10,13H,3-7,9,11H2. The van der Waals surface area contributed by atoms with Gasteiger partial charge in [0.25, 0.3) is 0 Å². The molecule has 1 saturated carbocycles. The van der Waals surface area contributed by atoms with E-state index in [1.54, 1.807) is 12.4 Å². The van der Waals surface area contributed by atoms with Crippen LogP contribution in [0.4, 0.5) is 0 Å². The van der Waals surface area contributed by atoms with E-state index in [2.05, 4.69) is 4.98 Å². The van der Waals surface area contributed by atoms with Crippen LogP contribution in [0.25, 0.3) is 0 Å². The first-order valence-electron chi connectivity index (χ1n) is 7.66. The minimum absolute atomic E-state index is 0.00106. The zero-order valence-corrected chi connectivity index (χ0v) is 12.4. The smallest absolute Gasteiger partial charge is 0.229 e. The molecule has 0 atom stereocenters.